The molecule has 106 valence electrons. The molecule has 0 aliphatic rings. The maximum absolute atomic E-state index is 11.8. The van der Waals surface area contributed by atoms with Crippen LogP contribution in [0.4, 0.5) is 0 Å². The number of methoxy groups -OCH3 is 1. The molecule has 1 aromatic rings. The number of carbonyl (C=O) groups excluding carboxylic acids is 1. The molecule has 1 rings (SSSR count). The molecule has 0 fully saturated rings. The Balaban J connectivity index is 2.38. The van der Waals surface area contributed by atoms with Crippen molar-refractivity contribution >= 4 is 5.91 Å². The van der Waals surface area contributed by atoms with Crippen LogP contribution in [0.2, 0.25) is 0 Å². The van der Waals surface area contributed by atoms with Crippen molar-refractivity contribution in [2.24, 2.45) is 5.73 Å². The Kier molecular flexibility index (Phi) is 5.99. The minimum atomic E-state index is -0.345. The smallest absolute Gasteiger partial charge is 0.220 e. The lowest BCUT2D eigenvalue weighted by atomic mass is 10.0. The van der Waals surface area contributed by atoms with Crippen LogP contribution in [0.15, 0.2) is 30.3 Å². The van der Waals surface area contributed by atoms with E-state index in [1.165, 1.54) is 0 Å². The molecule has 0 spiro atoms. The molecule has 0 aliphatic heterocycles. The molecule has 0 heterocycles. The number of nitrogens with two attached hydrogens (primary N) is 1. The van der Waals surface area contributed by atoms with Gasteiger partial charge < -0.3 is 15.8 Å². The standard InChI is InChI=1S/C15H24N2O2/c1-15(2,11-19-3)17-14(18)10-9-13(16)12-7-5-4-6-8-12/h4-8,13H,9-11,16H2,1-3H3,(H,17,18). The second-order valence-corrected chi connectivity index (χ2v) is 5.42. The molecule has 1 amide bonds. The van der Waals surface area contributed by atoms with E-state index in [9.17, 15) is 4.79 Å². The van der Waals surface area contributed by atoms with Gasteiger partial charge in [0, 0.05) is 19.6 Å². The third-order valence-corrected chi connectivity index (χ3v) is 2.89. The van der Waals surface area contributed by atoms with Crippen LogP contribution in [0.3, 0.4) is 0 Å². The second kappa shape index (κ2) is 7.26. The Bertz CT molecular complexity index is 390. The third-order valence-electron chi connectivity index (χ3n) is 2.89. The molecule has 0 radical (unpaired) electrons. The fourth-order valence-electron chi connectivity index (χ4n) is 1.99. The first-order chi connectivity index (χ1) is 8.94. The van der Waals surface area contributed by atoms with E-state index < -0.39 is 0 Å². The highest BCUT2D eigenvalue weighted by atomic mass is 16.5. The van der Waals surface area contributed by atoms with Gasteiger partial charge in [-0.15, -0.1) is 0 Å². The number of rotatable bonds is 7. The molecule has 0 saturated carbocycles. The fraction of sp³-hybridized carbons (Fsp3) is 0.533. The summed E-state index contributed by atoms with van der Waals surface area (Å²) in [5.41, 5.74) is 6.78. The summed E-state index contributed by atoms with van der Waals surface area (Å²) in [6.45, 7) is 4.36. The molecule has 1 aromatic carbocycles. The minimum Gasteiger partial charge on any atom is -0.382 e. The number of hydrogen-bond donors (Lipinski definition) is 2. The Hall–Kier alpha value is -1.39. The molecule has 3 N–H and O–H groups in total. The van der Waals surface area contributed by atoms with Gasteiger partial charge in [0.25, 0.3) is 0 Å². The lowest BCUT2D eigenvalue weighted by Gasteiger charge is -2.25. The van der Waals surface area contributed by atoms with Crippen LogP contribution >= 0.6 is 0 Å². The van der Waals surface area contributed by atoms with Gasteiger partial charge in [0.05, 0.1) is 12.1 Å². The summed E-state index contributed by atoms with van der Waals surface area (Å²) >= 11 is 0. The third kappa shape index (κ3) is 5.85. The first-order valence-electron chi connectivity index (χ1n) is 6.55. The molecule has 0 aliphatic carbocycles. The summed E-state index contributed by atoms with van der Waals surface area (Å²) in [5, 5.41) is 2.94. The Labute approximate surface area is 115 Å². The molecule has 19 heavy (non-hydrogen) atoms. The van der Waals surface area contributed by atoms with E-state index in [4.69, 9.17) is 10.5 Å². The van der Waals surface area contributed by atoms with Gasteiger partial charge in [-0.2, -0.15) is 0 Å². The monoisotopic (exact) mass is 264 g/mol. The maximum atomic E-state index is 11.8. The van der Waals surface area contributed by atoms with E-state index in [1.54, 1.807) is 7.11 Å². The summed E-state index contributed by atoms with van der Waals surface area (Å²) in [6, 6.07) is 9.73. The predicted molar refractivity (Wildman–Crippen MR) is 76.7 cm³/mol. The van der Waals surface area contributed by atoms with E-state index in [2.05, 4.69) is 5.32 Å². The highest BCUT2D eigenvalue weighted by molar-refractivity contribution is 5.76. The van der Waals surface area contributed by atoms with Gasteiger partial charge in [0.2, 0.25) is 5.91 Å². The van der Waals surface area contributed by atoms with Crippen molar-refractivity contribution < 1.29 is 9.53 Å². The van der Waals surface area contributed by atoms with E-state index >= 15 is 0 Å². The summed E-state index contributed by atoms with van der Waals surface area (Å²) in [4.78, 5) is 11.8. The van der Waals surface area contributed by atoms with Crippen LogP contribution in [0.5, 0.6) is 0 Å². The highest BCUT2D eigenvalue weighted by Gasteiger charge is 2.20. The van der Waals surface area contributed by atoms with Gasteiger partial charge in [-0.1, -0.05) is 30.3 Å². The van der Waals surface area contributed by atoms with Crippen molar-refractivity contribution in [3.05, 3.63) is 35.9 Å². The van der Waals surface area contributed by atoms with Gasteiger partial charge >= 0.3 is 0 Å². The van der Waals surface area contributed by atoms with Crippen LogP contribution < -0.4 is 11.1 Å². The topological polar surface area (TPSA) is 64.3 Å². The van der Waals surface area contributed by atoms with Crippen molar-refractivity contribution in [1.82, 2.24) is 5.32 Å². The van der Waals surface area contributed by atoms with Crippen LogP contribution in [0.25, 0.3) is 0 Å². The molecule has 4 nitrogen and oxygen atoms in total. The number of benzene rings is 1. The Morgan fingerprint density at radius 1 is 1.37 bits per heavy atom. The minimum absolute atomic E-state index is 0.00781. The van der Waals surface area contributed by atoms with Crippen molar-refractivity contribution in [2.45, 2.75) is 38.3 Å². The first-order valence-corrected chi connectivity index (χ1v) is 6.55. The zero-order valence-electron chi connectivity index (χ0n) is 12.0. The molecule has 4 heteroatoms. The van der Waals surface area contributed by atoms with E-state index in [0.29, 0.717) is 19.4 Å². The maximum Gasteiger partial charge on any atom is 0.220 e. The van der Waals surface area contributed by atoms with E-state index in [0.717, 1.165) is 5.56 Å². The lowest BCUT2D eigenvalue weighted by Crippen LogP contribution is -2.46. The van der Waals surface area contributed by atoms with Crippen LogP contribution in [0.1, 0.15) is 38.3 Å². The SMILES string of the molecule is COCC(C)(C)NC(=O)CCC(N)c1ccccc1. The average molecular weight is 264 g/mol. The number of ether oxygens (including phenoxy) is 1. The molecule has 0 aromatic heterocycles. The lowest BCUT2D eigenvalue weighted by molar-refractivity contribution is -0.123. The quantitative estimate of drug-likeness (QED) is 0.791. The fourth-order valence-corrected chi connectivity index (χ4v) is 1.99. The normalized spacial score (nSPS) is 13.1. The average Bonchev–Trinajstić information content (AvgIpc) is 2.36. The van der Waals surface area contributed by atoms with Crippen molar-refractivity contribution in [1.29, 1.82) is 0 Å². The van der Waals surface area contributed by atoms with Crippen LogP contribution in [0, 0.1) is 0 Å². The second-order valence-electron chi connectivity index (χ2n) is 5.42. The number of amides is 1. The number of nitrogens with one attached hydrogen (secondary N) is 1. The summed E-state index contributed by atoms with van der Waals surface area (Å²) in [7, 11) is 1.62. The Morgan fingerprint density at radius 3 is 2.58 bits per heavy atom. The molecule has 1 unspecified atom stereocenters. The zero-order valence-corrected chi connectivity index (χ0v) is 12.0. The van der Waals surface area contributed by atoms with Gasteiger partial charge in [0.15, 0.2) is 0 Å². The molecule has 0 bridgehead atoms. The van der Waals surface area contributed by atoms with Crippen molar-refractivity contribution in [2.75, 3.05) is 13.7 Å². The highest BCUT2D eigenvalue weighted by Crippen LogP contribution is 2.15. The van der Waals surface area contributed by atoms with Gasteiger partial charge in [0.1, 0.15) is 0 Å². The number of carbonyl (C=O) groups is 1. The largest absolute Gasteiger partial charge is 0.382 e. The first kappa shape index (κ1) is 15.7. The van der Waals surface area contributed by atoms with Gasteiger partial charge in [-0.25, -0.2) is 0 Å². The predicted octanol–water partition coefficient (Wildman–Crippen LogP) is 2.01. The van der Waals surface area contributed by atoms with Gasteiger partial charge in [-0.3, -0.25) is 4.79 Å². The summed E-state index contributed by atoms with van der Waals surface area (Å²) < 4.78 is 5.06. The Morgan fingerprint density at radius 2 is 2.00 bits per heavy atom. The van der Waals surface area contributed by atoms with Crippen molar-refractivity contribution in [3.8, 4) is 0 Å². The number of hydrogen-bond acceptors (Lipinski definition) is 3. The molecule has 1 atom stereocenters. The molecular formula is C15H24N2O2. The molecule has 0 saturated heterocycles. The summed E-state index contributed by atoms with van der Waals surface area (Å²) in [6.07, 6.45) is 1.06. The van der Waals surface area contributed by atoms with Gasteiger partial charge in [-0.05, 0) is 25.8 Å². The van der Waals surface area contributed by atoms with Crippen LogP contribution in [-0.4, -0.2) is 25.2 Å². The van der Waals surface area contributed by atoms with Crippen LogP contribution in [-0.2, 0) is 9.53 Å². The zero-order chi connectivity index (χ0) is 14.3. The van der Waals surface area contributed by atoms with E-state index in [1.807, 2.05) is 44.2 Å². The summed E-state index contributed by atoms with van der Waals surface area (Å²) in [5.74, 6) is 0.00781. The van der Waals surface area contributed by atoms with E-state index in [-0.39, 0.29) is 17.5 Å². The van der Waals surface area contributed by atoms with Crippen molar-refractivity contribution in [3.63, 3.8) is 0 Å². The molecular weight excluding hydrogens is 240 g/mol.